The zero-order chi connectivity index (χ0) is 17.5. The van der Waals surface area contributed by atoms with Crippen molar-refractivity contribution in [2.75, 3.05) is 19.6 Å². The van der Waals surface area contributed by atoms with E-state index in [2.05, 4.69) is 15.9 Å². The number of carbonyl (C=O) groups is 2. The summed E-state index contributed by atoms with van der Waals surface area (Å²) in [6.07, 6.45) is 1.59. The summed E-state index contributed by atoms with van der Waals surface area (Å²) in [6.45, 7) is 7.27. The molecule has 0 radical (unpaired) electrons. The molecule has 24 heavy (non-hydrogen) atoms. The summed E-state index contributed by atoms with van der Waals surface area (Å²) < 4.78 is 6.48. The molecular weight excluding hydrogens is 372 g/mol. The molecule has 3 rings (SSSR count). The zero-order valence-electron chi connectivity index (χ0n) is 14.3. The Labute approximate surface area is 151 Å². The van der Waals surface area contributed by atoms with Gasteiger partial charge in [0.1, 0.15) is 5.60 Å². The quantitative estimate of drug-likeness (QED) is 0.729. The summed E-state index contributed by atoms with van der Waals surface area (Å²) >= 11 is 3.38. The molecule has 1 spiro atoms. The fourth-order valence-corrected chi connectivity index (χ4v) is 3.36. The number of benzene rings is 1. The summed E-state index contributed by atoms with van der Waals surface area (Å²) in [5, 5.41) is 0. The van der Waals surface area contributed by atoms with Gasteiger partial charge in [0.25, 0.3) is 5.91 Å². The topological polar surface area (TPSA) is 49.9 Å². The van der Waals surface area contributed by atoms with Crippen LogP contribution in [0.1, 0.15) is 44.0 Å². The second-order valence-electron chi connectivity index (χ2n) is 7.59. The van der Waals surface area contributed by atoms with Crippen LogP contribution in [-0.2, 0) is 4.74 Å². The highest BCUT2D eigenvalue weighted by Gasteiger charge is 2.55. The number of nitrogens with zero attached hydrogens (tertiary/aromatic N) is 2. The molecule has 0 unspecified atom stereocenters. The van der Waals surface area contributed by atoms with Crippen molar-refractivity contribution in [3.63, 3.8) is 0 Å². The van der Waals surface area contributed by atoms with Gasteiger partial charge in [0.05, 0.1) is 5.54 Å². The minimum absolute atomic E-state index is 0.0256. The molecule has 1 saturated heterocycles. The van der Waals surface area contributed by atoms with Crippen molar-refractivity contribution in [1.82, 2.24) is 9.80 Å². The molecule has 6 heteroatoms. The molecule has 1 aliphatic carbocycles. The van der Waals surface area contributed by atoms with E-state index in [0.717, 1.165) is 17.3 Å². The first-order chi connectivity index (χ1) is 11.2. The Hall–Kier alpha value is -1.56. The highest BCUT2D eigenvalue weighted by Crippen LogP contribution is 2.45. The summed E-state index contributed by atoms with van der Waals surface area (Å²) in [4.78, 5) is 28.8. The lowest BCUT2D eigenvalue weighted by molar-refractivity contribution is -0.00573. The third-order valence-electron chi connectivity index (χ3n) is 4.47. The minimum Gasteiger partial charge on any atom is -0.444 e. The van der Waals surface area contributed by atoms with Crippen molar-refractivity contribution in [3.05, 3.63) is 34.3 Å². The predicted octanol–water partition coefficient (Wildman–Crippen LogP) is 3.67. The van der Waals surface area contributed by atoms with E-state index < -0.39 is 5.60 Å². The molecule has 130 valence electrons. The maximum Gasteiger partial charge on any atom is 0.410 e. The fraction of sp³-hybridized carbons (Fsp3) is 0.556. The summed E-state index contributed by atoms with van der Waals surface area (Å²) in [7, 11) is 0. The monoisotopic (exact) mass is 394 g/mol. The van der Waals surface area contributed by atoms with Gasteiger partial charge >= 0.3 is 6.09 Å². The van der Waals surface area contributed by atoms with E-state index in [0.29, 0.717) is 25.2 Å². The van der Waals surface area contributed by atoms with Crippen molar-refractivity contribution in [2.24, 2.45) is 0 Å². The molecule has 1 heterocycles. The van der Waals surface area contributed by atoms with Gasteiger partial charge < -0.3 is 9.64 Å². The van der Waals surface area contributed by atoms with Crippen LogP contribution in [0.4, 0.5) is 4.79 Å². The first-order valence-electron chi connectivity index (χ1n) is 8.26. The van der Waals surface area contributed by atoms with Crippen LogP contribution >= 0.6 is 15.9 Å². The standard InChI is InChI=1S/C18H23BrN2O3/c1-17(2,3)24-16(23)21-11-10-20(12-18(21)8-9-18)15(22)13-4-6-14(19)7-5-13/h4-7H,8-12H2,1-3H3. The maximum absolute atomic E-state index is 12.7. The molecule has 1 aromatic carbocycles. The Kier molecular flexibility index (Phi) is 4.36. The van der Waals surface area contributed by atoms with Gasteiger partial charge in [-0.05, 0) is 57.9 Å². The second kappa shape index (κ2) is 6.06. The molecule has 1 aromatic rings. The van der Waals surface area contributed by atoms with Crippen LogP contribution in [0.5, 0.6) is 0 Å². The van der Waals surface area contributed by atoms with Gasteiger partial charge in [0.2, 0.25) is 0 Å². The predicted molar refractivity (Wildman–Crippen MR) is 95.0 cm³/mol. The molecule has 1 saturated carbocycles. The summed E-state index contributed by atoms with van der Waals surface area (Å²) in [6, 6.07) is 7.40. The molecule has 2 amide bonds. The van der Waals surface area contributed by atoms with Crippen LogP contribution < -0.4 is 0 Å². The van der Waals surface area contributed by atoms with Crippen LogP contribution in [0.25, 0.3) is 0 Å². The number of hydrogen-bond donors (Lipinski definition) is 0. The van der Waals surface area contributed by atoms with Gasteiger partial charge in [-0.15, -0.1) is 0 Å². The third kappa shape index (κ3) is 3.58. The molecule has 5 nitrogen and oxygen atoms in total. The Morgan fingerprint density at radius 2 is 1.75 bits per heavy atom. The number of ether oxygens (including phenoxy) is 1. The SMILES string of the molecule is CC(C)(C)OC(=O)N1CCN(C(=O)c2ccc(Br)cc2)CC12CC2. The van der Waals surface area contributed by atoms with Gasteiger partial charge in [-0.3, -0.25) is 9.69 Å². The second-order valence-corrected chi connectivity index (χ2v) is 8.51. The van der Waals surface area contributed by atoms with Crippen LogP contribution in [0.2, 0.25) is 0 Å². The molecule has 2 aliphatic rings. The molecule has 0 bridgehead atoms. The summed E-state index contributed by atoms with van der Waals surface area (Å²) in [5.41, 5.74) is -0.0527. The van der Waals surface area contributed by atoms with Gasteiger partial charge in [-0.25, -0.2) is 4.79 Å². The normalized spacial score (nSPS) is 19.3. The number of hydrogen-bond acceptors (Lipinski definition) is 3. The Balaban J connectivity index is 1.69. The first kappa shape index (κ1) is 17.3. The first-order valence-corrected chi connectivity index (χ1v) is 9.05. The molecule has 0 aromatic heterocycles. The van der Waals surface area contributed by atoms with E-state index in [-0.39, 0.29) is 17.5 Å². The lowest BCUT2D eigenvalue weighted by atomic mass is 10.1. The zero-order valence-corrected chi connectivity index (χ0v) is 15.9. The number of rotatable bonds is 1. The highest BCUT2D eigenvalue weighted by molar-refractivity contribution is 9.10. The average Bonchev–Trinajstić information content (AvgIpc) is 3.25. The molecule has 1 aliphatic heterocycles. The van der Waals surface area contributed by atoms with Crippen LogP contribution in [0, 0.1) is 0 Å². The highest BCUT2D eigenvalue weighted by atomic mass is 79.9. The van der Waals surface area contributed by atoms with Crippen LogP contribution in [0.3, 0.4) is 0 Å². The number of carbonyl (C=O) groups excluding carboxylic acids is 2. The minimum atomic E-state index is -0.502. The fourth-order valence-electron chi connectivity index (χ4n) is 3.10. The van der Waals surface area contributed by atoms with Gasteiger partial charge in [0.15, 0.2) is 0 Å². The molecular formula is C18H23BrN2O3. The molecule has 0 N–H and O–H groups in total. The smallest absolute Gasteiger partial charge is 0.410 e. The van der Waals surface area contributed by atoms with Crippen molar-refractivity contribution >= 4 is 27.9 Å². The molecule has 0 atom stereocenters. The van der Waals surface area contributed by atoms with E-state index in [4.69, 9.17) is 4.74 Å². The Morgan fingerprint density at radius 3 is 2.29 bits per heavy atom. The van der Waals surface area contributed by atoms with E-state index >= 15 is 0 Å². The number of amides is 2. The van der Waals surface area contributed by atoms with Crippen LogP contribution in [0.15, 0.2) is 28.7 Å². The van der Waals surface area contributed by atoms with Gasteiger partial charge in [0, 0.05) is 29.7 Å². The average molecular weight is 395 g/mol. The van der Waals surface area contributed by atoms with Crippen molar-refractivity contribution in [1.29, 1.82) is 0 Å². The largest absolute Gasteiger partial charge is 0.444 e. The number of piperazine rings is 1. The maximum atomic E-state index is 12.7. The van der Waals surface area contributed by atoms with Crippen molar-refractivity contribution < 1.29 is 14.3 Å². The lowest BCUT2D eigenvalue weighted by Crippen LogP contribution is -2.59. The summed E-state index contributed by atoms with van der Waals surface area (Å²) in [5.74, 6) is 0.0256. The van der Waals surface area contributed by atoms with Gasteiger partial charge in [-0.2, -0.15) is 0 Å². The van der Waals surface area contributed by atoms with Crippen molar-refractivity contribution in [3.8, 4) is 0 Å². The molecule has 2 fully saturated rings. The van der Waals surface area contributed by atoms with Crippen molar-refractivity contribution in [2.45, 2.75) is 44.8 Å². The Morgan fingerprint density at radius 1 is 1.12 bits per heavy atom. The van der Waals surface area contributed by atoms with E-state index in [9.17, 15) is 9.59 Å². The third-order valence-corrected chi connectivity index (χ3v) is 5.00. The van der Waals surface area contributed by atoms with E-state index in [1.54, 1.807) is 0 Å². The lowest BCUT2D eigenvalue weighted by Gasteiger charge is -2.42. The van der Waals surface area contributed by atoms with E-state index in [1.165, 1.54) is 0 Å². The van der Waals surface area contributed by atoms with E-state index in [1.807, 2.05) is 54.8 Å². The Bertz CT molecular complexity index is 647. The van der Waals surface area contributed by atoms with Gasteiger partial charge in [-0.1, -0.05) is 15.9 Å². The number of halogens is 1. The van der Waals surface area contributed by atoms with Crippen LogP contribution in [-0.4, -0.2) is 52.6 Å².